The number of rotatable bonds is 5. The molecule has 1 fully saturated rings. The van der Waals surface area contributed by atoms with E-state index in [4.69, 9.17) is 21.1 Å². The van der Waals surface area contributed by atoms with Gasteiger partial charge in [0, 0.05) is 17.3 Å². The molecular weight excluding hydrogens is 506 g/mol. The van der Waals surface area contributed by atoms with Crippen molar-refractivity contribution < 1.29 is 23.9 Å². The smallest absolute Gasteiger partial charge is 0.410 e. The molecule has 3 aromatic rings. The third kappa shape index (κ3) is 7.26. The molecule has 9 heteroatoms. The monoisotopic (exact) mass is 535 g/mol. The van der Waals surface area contributed by atoms with Gasteiger partial charge in [0.05, 0.1) is 18.2 Å². The Morgan fingerprint density at radius 1 is 0.895 bits per heavy atom. The fraction of sp³-hybridized carbons (Fsp3) is 0.276. The highest BCUT2D eigenvalue weighted by Crippen LogP contribution is 2.22. The van der Waals surface area contributed by atoms with Gasteiger partial charge in [-0.1, -0.05) is 60.1 Å². The van der Waals surface area contributed by atoms with E-state index >= 15 is 0 Å². The molecule has 3 amide bonds. The molecule has 0 unspecified atom stereocenters. The van der Waals surface area contributed by atoms with Crippen molar-refractivity contribution in [3.63, 3.8) is 0 Å². The topological polar surface area (TPSA) is 97.0 Å². The standard InChI is InChI=1S/C29H30ClN3O5/c1-29(2,3)38-28(36)33-17-24(32-27(35)31-23-11-7-10-22(30)16-23)25(18-33)37-26(34)21-14-12-20(13-15-21)19-8-5-4-6-9-19/h4-16,24-25H,17-18H2,1-3H3,(H2,31,32,35)/t24-,25-/m0/s1. The number of amides is 3. The van der Waals surface area contributed by atoms with Gasteiger partial charge in [-0.3, -0.25) is 0 Å². The summed E-state index contributed by atoms with van der Waals surface area (Å²) in [5.41, 5.74) is 2.17. The number of anilines is 1. The van der Waals surface area contributed by atoms with Crippen LogP contribution < -0.4 is 10.6 Å². The van der Waals surface area contributed by atoms with Crippen molar-refractivity contribution in [1.82, 2.24) is 10.2 Å². The number of carbonyl (C=O) groups is 3. The Kier molecular flexibility index (Phi) is 8.22. The summed E-state index contributed by atoms with van der Waals surface area (Å²) in [7, 11) is 0. The van der Waals surface area contributed by atoms with Crippen LogP contribution in [0.25, 0.3) is 11.1 Å². The Hall–Kier alpha value is -4.04. The van der Waals surface area contributed by atoms with E-state index in [9.17, 15) is 14.4 Å². The third-order valence-electron chi connectivity index (χ3n) is 5.80. The molecule has 0 aromatic heterocycles. The van der Waals surface area contributed by atoms with Crippen molar-refractivity contribution in [2.75, 3.05) is 18.4 Å². The molecule has 1 saturated heterocycles. The quantitative estimate of drug-likeness (QED) is 0.392. The number of likely N-dealkylation sites (tertiary alicyclic amines) is 1. The SMILES string of the molecule is CC(C)(C)OC(=O)N1C[C@H](NC(=O)Nc2cccc(Cl)c2)[C@@H](OC(=O)c2ccc(-c3ccccc3)cc2)C1. The van der Waals surface area contributed by atoms with Gasteiger partial charge in [-0.05, 0) is 62.2 Å². The van der Waals surface area contributed by atoms with Crippen molar-refractivity contribution in [2.45, 2.75) is 38.5 Å². The van der Waals surface area contributed by atoms with Crippen LogP contribution in [0.2, 0.25) is 5.02 Å². The fourth-order valence-corrected chi connectivity index (χ4v) is 4.23. The first-order chi connectivity index (χ1) is 18.1. The van der Waals surface area contributed by atoms with Gasteiger partial charge < -0.3 is 25.0 Å². The van der Waals surface area contributed by atoms with Gasteiger partial charge in [0.25, 0.3) is 0 Å². The van der Waals surface area contributed by atoms with E-state index in [-0.39, 0.29) is 13.1 Å². The van der Waals surface area contributed by atoms with Crippen LogP contribution in [0.4, 0.5) is 15.3 Å². The zero-order chi connectivity index (χ0) is 27.3. The Bertz CT molecular complexity index is 1290. The Labute approximate surface area is 226 Å². The number of hydrogen-bond acceptors (Lipinski definition) is 5. The molecule has 8 nitrogen and oxygen atoms in total. The zero-order valence-electron chi connectivity index (χ0n) is 21.4. The second kappa shape index (κ2) is 11.6. The third-order valence-corrected chi connectivity index (χ3v) is 6.04. The maximum atomic E-state index is 13.0. The van der Waals surface area contributed by atoms with Gasteiger partial charge in [-0.25, -0.2) is 14.4 Å². The average molecular weight is 536 g/mol. The second-order valence-electron chi connectivity index (χ2n) is 9.99. The van der Waals surface area contributed by atoms with Crippen molar-refractivity contribution in [3.05, 3.63) is 89.4 Å². The highest BCUT2D eigenvalue weighted by molar-refractivity contribution is 6.30. The summed E-state index contributed by atoms with van der Waals surface area (Å²) in [5.74, 6) is -0.553. The number of hydrogen-bond donors (Lipinski definition) is 2. The summed E-state index contributed by atoms with van der Waals surface area (Å²) < 4.78 is 11.3. The minimum absolute atomic E-state index is 0.0743. The first-order valence-corrected chi connectivity index (χ1v) is 12.6. The summed E-state index contributed by atoms with van der Waals surface area (Å²) >= 11 is 6.00. The van der Waals surface area contributed by atoms with Gasteiger partial charge in [0.2, 0.25) is 0 Å². The lowest BCUT2D eigenvalue weighted by atomic mass is 10.0. The Morgan fingerprint density at radius 3 is 2.24 bits per heavy atom. The first kappa shape index (κ1) is 27.0. The fourth-order valence-electron chi connectivity index (χ4n) is 4.04. The molecule has 198 valence electrons. The summed E-state index contributed by atoms with van der Waals surface area (Å²) in [5, 5.41) is 6.00. The number of nitrogens with zero attached hydrogens (tertiary/aromatic N) is 1. The van der Waals surface area contributed by atoms with Gasteiger partial charge in [0.1, 0.15) is 11.7 Å². The number of nitrogens with one attached hydrogen (secondary N) is 2. The van der Waals surface area contributed by atoms with Crippen molar-refractivity contribution in [1.29, 1.82) is 0 Å². The molecule has 2 atom stereocenters. The minimum atomic E-state index is -0.783. The predicted octanol–water partition coefficient (Wildman–Crippen LogP) is 5.97. The lowest BCUT2D eigenvalue weighted by molar-refractivity contribution is 0.0180. The van der Waals surface area contributed by atoms with Gasteiger partial charge >= 0.3 is 18.1 Å². The molecule has 3 aromatic carbocycles. The molecular formula is C29H30ClN3O5. The molecule has 0 radical (unpaired) electrons. The van der Waals surface area contributed by atoms with E-state index < -0.39 is 35.8 Å². The minimum Gasteiger partial charge on any atom is -0.455 e. The van der Waals surface area contributed by atoms with E-state index in [1.54, 1.807) is 57.2 Å². The van der Waals surface area contributed by atoms with Crippen LogP contribution in [0.5, 0.6) is 0 Å². The summed E-state index contributed by atoms with van der Waals surface area (Å²) in [6, 6.07) is 22.4. The number of halogens is 1. The van der Waals surface area contributed by atoms with Crippen LogP contribution in [-0.2, 0) is 9.47 Å². The molecule has 2 N–H and O–H groups in total. The number of carbonyl (C=O) groups excluding carboxylic acids is 3. The lowest BCUT2D eigenvalue weighted by Crippen LogP contribution is -2.46. The van der Waals surface area contributed by atoms with Gasteiger partial charge in [-0.2, -0.15) is 0 Å². The highest BCUT2D eigenvalue weighted by Gasteiger charge is 2.40. The van der Waals surface area contributed by atoms with Crippen LogP contribution in [0.15, 0.2) is 78.9 Å². The Morgan fingerprint density at radius 2 is 1.58 bits per heavy atom. The maximum Gasteiger partial charge on any atom is 0.410 e. The van der Waals surface area contributed by atoms with E-state index in [1.807, 2.05) is 42.5 Å². The normalized spacial score (nSPS) is 17.0. The maximum absolute atomic E-state index is 13.0. The molecule has 1 heterocycles. The van der Waals surface area contributed by atoms with Crippen LogP contribution in [0.3, 0.4) is 0 Å². The van der Waals surface area contributed by atoms with E-state index in [0.29, 0.717) is 16.3 Å². The average Bonchev–Trinajstić information content (AvgIpc) is 3.25. The largest absolute Gasteiger partial charge is 0.455 e. The van der Waals surface area contributed by atoms with Crippen LogP contribution >= 0.6 is 11.6 Å². The molecule has 4 rings (SSSR count). The van der Waals surface area contributed by atoms with Crippen LogP contribution in [0, 0.1) is 0 Å². The molecule has 38 heavy (non-hydrogen) atoms. The van der Waals surface area contributed by atoms with Gasteiger partial charge in [-0.15, -0.1) is 0 Å². The number of ether oxygens (including phenoxy) is 2. The number of urea groups is 1. The molecule has 0 bridgehead atoms. The number of esters is 1. The lowest BCUT2D eigenvalue weighted by Gasteiger charge is -2.24. The number of benzene rings is 3. The molecule has 1 aliphatic rings. The van der Waals surface area contributed by atoms with Crippen LogP contribution in [-0.4, -0.2) is 53.8 Å². The second-order valence-corrected chi connectivity index (χ2v) is 10.4. The molecule has 0 saturated carbocycles. The van der Waals surface area contributed by atoms with Crippen molar-refractivity contribution in [2.24, 2.45) is 0 Å². The molecule has 0 aliphatic carbocycles. The summed E-state index contributed by atoms with van der Waals surface area (Å²) in [4.78, 5) is 39.9. The zero-order valence-corrected chi connectivity index (χ0v) is 22.2. The molecule has 1 aliphatic heterocycles. The van der Waals surface area contributed by atoms with Crippen molar-refractivity contribution >= 4 is 35.4 Å². The van der Waals surface area contributed by atoms with Crippen molar-refractivity contribution in [3.8, 4) is 11.1 Å². The first-order valence-electron chi connectivity index (χ1n) is 12.2. The predicted molar refractivity (Wildman–Crippen MR) is 146 cm³/mol. The Balaban J connectivity index is 1.46. The molecule has 0 spiro atoms. The van der Waals surface area contributed by atoms with E-state index in [2.05, 4.69) is 10.6 Å². The van der Waals surface area contributed by atoms with E-state index in [0.717, 1.165) is 11.1 Å². The summed E-state index contributed by atoms with van der Waals surface area (Å²) in [6.07, 6.45) is -1.33. The van der Waals surface area contributed by atoms with Gasteiger partial charge in [0.15, 0.2) is 0 Å². The summed E-state index contributed by atoms with van der Waals surface area (Å²) in [6.45, 7) is 5.50. The van der Waals surface area contributed by atoms with Crippen LogP contribution in [0.1, 0.15) is 31.1 Å². The highest BCUT2D eigenvalue weighted by atomic mass is 35.5. The van der Waals surface area contributed by atoms with E-state index in [1.165, 1.54) is 4.90 Å².